The van der Waals surface area contributed by atoms with Crippen LogP contribution in [0.2, 0.25) is 5.02 Å². The monoisotopic (exact) mass is 230 g/mol. The first-order valence-electron chi connectivity index (χ1n) is 3.69. The summed E-state index contributed by atoms with van der Waals surface area (Å²) in [6.07, 6.45) is 0. The van der Waals surface area contributed by atoms with Crippen molar-refractivity contribution in [3.63, 3.8) is 0 Å². The molecule has 0 spiro atoms. The Kier molecular flexibility index (Phi) is 2.17. The SMILES string of the molecule is O=C(O)c1c(Cl)c(F)cc2ccsc12. The van der Waals surface area contributed by atoms with Gasteiger partial charge in [0.1, 0.15) is 5.82 Å². The van der Waals surface area contributed by atoms with Gasteiger partial charge in [-0.15, -0.1) is 11.3 Å². The van der Waals surface area contributed by atoms with E-state index in [1.54, 1.807) is 11.4 Å². The van der Waals surface area contributed by atoms with Crippen LogP contribution in [-0.2, 0) is 0 Å². The molecule has 2 rings (SSSR count). The molecule has 0 fully saturated rings. The standard InChI is InChI=1S/C9H4ClFO2S/c10-7-5(11)3-4-1-2-14-8(4)6(7)9(12)13/h1-3H,(H,12,13). The fourth-order valence-electron chi connectivity index (χ4n) is 1.25. The van der Waals surface area contributed by atoms with Crippen molar-refractivity contribution in [1.29, 1.82) is 0 Å². The van der Waals surface area contributed by atoms with Crippen molar-refractivity contribution in [1.82, 2.24) is 0 Å². The van der Waals surface area contributed by atoms with Gasteiger partial charge in [-0.05, 0) is 22.9 Å². The van der Waals surface area contributed by atoms with Gasteiger partial charge >= 0.3 is 5.97 Å². The minimum absolute atomic E-state index is 0.156. The van der Waals surface area contributed by atoms with E-state index in [0.717, 1.165) is 0 Å². The Morgan fingerprint density at radius 1 is 1.57 bits per heavy atom. The minimum atomic E-state index is -1.21. The lowest BCUT2D eigenvalue weighted by molar-refractivity contribution is 0.0699. The van der Waals surface area contributed by atoms with Crippen molar-refractivity contribution in [2.75, 3.05) is 0 Å². The number of halogens is 2. The van der Waals surface area contributed by atoms with E-state index >= 15 is 0 Å². The molecular formula is C9H4ClFO2S. The molecule has 0 atom stereocenters. The van der Waals surface area contributed by atoms with E-state index in [-0.39, 0.29) is 10.6 Å². The van der Waals surface area contributed by atoms with Crippen molar-refractivity contribution < 1.29 is 14.3 Å². The van der Waals surface area contributed by atoms with E-state index in [9.17, 15) is 9.18 Å². The maximum Gasteiger partial charge on any atom is 0.338 e. The summed E-state index contributed by atoms with van der Waals surface area (Å²) < 4.78 is 13.7. The first-order chi connectivity index (χ1) is 6.61. The molecule has 0 saturated heterocycles. The van der Waals surface area contributed by atoms with Crippen LogP contribution >= 0.6 is 22.9 Å². The number of carboxylic acid groups (broad SMARTS) is 1. The minimum Gasteiger partial charge on any atom is -0.478 e. The topological polar surface area (TPSA) is 37.3 Å². The number of thiophene rings is 1. The molecule has 0 aliphatic heterocycles. The van der Waals surface area contributed by atoms with Crippen LogP contribution in [0, 0.1) is 5.82 Å². The Balaban J connectivity index is 2.93. The second-order valence-corrected chi connectivity index (χ2v) is 3.99. The Labute approximate surface area is 87.5 Å². The number of fused-ring (bicyclic) bond motifs is 1. The van der Waals surface area contributed by atoms with Gasteiger partial charge in [0.05, 0.1) is 15.3 Å². The summed E-state index contributed by atoms with van der Waals surface area (Å²) in [5, 5.41) is 10.8. The van der Waals surface area contributed by atoms with Crippen LogP contribution in [0.3, 0.4) is 0 Å². The van der Waals surface area contributed by atoms with Gasteiger partial charge < -0.3 is 5.11 Å². The van der Waals surface area contributed by atoms with Crippen LogP contribution in [0.4, 0.5) is 4.39 Å². The van der Waals surface area contributed by atoms with Gasteiger partial charge in [0, 0.05) is 0 Å². The molecular weight excluding hydrogens is 227 g/mol. The lowest BCUT2D eigenvalue weighted by Gasteiger charge is -2.01. The fourth-order valence-corrected chi connectivity index (χ4v) is 2.45. The number of carbonyl (C=O) groups is 1. The summed E-state index contributed by atoms with van der Waals surface area (Å²) in [7, 11) is 0. The zero-order chi connectivity index (χ0) is 10.3. The van der Waals surface area contributed by atoms with Crippen molar-refractivity contribution in [2.24, 2.45) is 0 Å². The van der Waals surface area contributed by atoms with Crippen LogP contribution in [-0.4, -0.2) is 11.1 Å². The highest BCUT2D eigenvalue weighted by atomic mass is 35.5. The molecule has 2 nitrogen and oxygen atoms in total. The third-order valence-corrected chi connectivity index (χ3v) is 3.17. The highest BCUT2D eigenvalue weighted by molar-refractivity contribution is 7.17. The molecule has 1 N–H and O–H groups in total. The number of rotatable bonds is 1. The molecule has 0 saturated carbocycles. The Bertz CT molecular complexity index is 521. The average molecular weight is 231 g/mol. The lowest BCUT2D eigenvalue weighted by atomic mass is 10.1. The van der Waals surface area contributed by atoms with E-state index in [0.29, 0.717) is 10.1 Å². The first kappa shape index (κ1) is 9.43. The molecule has 0 aliphatic rings. The Morgan fingerprint density at radius 2 is 2.29 bits per heavy atom. The molecule has 0 bridgehead atoms. The summed E-state index contributed by atoms with van der Waals surface area (Å²) in [6.45, 7) is 0. The molecule has 1 aromatic heterocycles. The second-order valence-electron chi connectivity index (χ2n) is 2.69. The smallest absolute Gasteiger partial charge is 0.338 e. The molecule has 1 heterocycles. The molecule has 14 heavy (non-hydrogen) atoms. The van der Waals surface area contributed by atoms with E-state index in [1.165, 1.54) is 17.4 Å². The highest BCUT2D eigenvalue weighted by Crippen LogP contribution is 2.32. The van der Waals surface area contributed by atoms with Crippen molar-refractivity contribution >= 4 is 39.0 Å². The summed E-state index contributed by atoms with van der Waals surface area (Å²) in [5.41, 5.74) is -0.156. The molecule has 0 aliphatic carbocycles. The maximum absolute atomic E-state index is 13.2. The Morgan fingerprint density at radius 3 is 2.93 bits per heavy atom. The van der Waals surface area contributed by atoms with E-state index in [2.05, 4.69) is 0 Å². The summed E-state index contributed by atoms with van der Waals surface area (Å²) in [6, 6.07) is 2.90. The molecule has 72 valence electrons. The molecule has 5 heteroatoms. The molecule has 0 amide bonds. The van der Waals surface area contributed by atoms with Crippen molar-refractivity contribution in [2.45, 2.75) is 0 Å². The second kappa shape index (κ2) is 3.22. The van der Waals surface area contributed by atoms with Gasteiger partial charge in [0.15, 0.2) is 0 Å². The van der Waals surface area contributed by atoms with E-state index in [1.807, 2.05) is 0 Å². The lowest BCUT2D eigenvalue weighted by Crippen LogP contribution is -1.99. The average Bonchev–Trinajstić information content (AvgIpc) is 2.52. The molecule has 1 aromatic carbocycles. The van der Waals surface area contributed by atoms with Gasteiger partial charge in [-0.2, -0.15) is 0 Å². The van der Waals surface area contributed by atoms with Crippen molar-refractivity contribution in [3.8, 4) is 0 Å². The van der Waals surface area contributed by atoms with Crippen LogP contribution in [0.15, 0.2) is 17.5 Å². The number of benzene rings is 1. The van der Waals surface area contributed by atoms with Gasteiger partial charge in [-0.3, -0.25) is 0 Å². The van der Waals surface area contributed by atoms with E-state index < -0.39 is 11.8 Å². The van der Waals surface area contributed by atoms with Crippen molar-refractivity contribution in [3.05, 3.63) is 33.9 Å². The predicted octanol–water partition coefficient (Wildman–Crippen LogP) is 3.39. The zero-order valence-electron chi connectivity index (χ0n) is 6.75. The van der Waals surface area contributed by atoms with Gasteiger partial charge in [0.25, 0.3) is 0 Å². The normalized spacial score (nSPS) is 10.7. The van der Waals surface area contributed by atoms with Gasteiger partial charge in [0.2, 0.25) is 0 Å². The third-order valence-electron chi connectivity index (χ3n) is 1.85. The zero-order valence-corrected chi connectivity index (χ0v) is 8.32. The number of hydrogen-bond donors (Lipinski definition) is 1. The fraction of sp³-hybridized carbons (Fsp3) is 0. The molecule has 0 radical (unpaired) electrons. The van der Waals surface area contributed by atoms with E-state index in [4.69, 9.17) is 16.7 Å². The quantitative estimate of drug-likeness (QED) is 0.815. The van der Waals surface area contributed by atoms with Gasteiger partial charge in [-0.25, -0.2) is 9.18 Å². The van der Waals surface area contributed by atoms with Crippen LogP contribution in [0.1, 0.15) is 10.4 Å². The maximum atomic E-state index is 13.2. The van der Waals surface area contributed by atoms with Gasteiger partial charge in [-0.1, -0.05) is 11.6 Å². The highest BCUT2D eigenvalue weighted by Gasteiger charge is 2.18. The summed E-state index contributed by atoms with van der Waals surface area (Å²) in [4.78, 5) is 10.8. The van der Waals surface area contributed by atoms with Crippen LogP contribution in [0.25, 0.3) is 10.1 Å². The number of hydrogen-bond acceptors (Lipinski definition) is 2. The molecule has 0 unspecified atom stereocenters. The third kappa shape index (κ3) is 1.27. The molecule has 2 aromatic rings. The Hall–Kier alpha value is -1.13. The largest absolute Gasteiger partial charge is 0.478 e. The van der Waals surface area contributed by atoms with Crippen LogP contribution < -0.4 is 0 Å². The summed E-state index contributed by atoms with van der Waals surface area (Å²) in [5.74, 6) is -1.91. The number of carboxylic acids is 1. The first-order valence-corrected chi connectivity index (χ1v) is 4.95. The predicted molar refractivity (Wildman–Crippen MR) is 53.8 cm³/mol. The van der Waals surface area contributed by atoms with Crippen LogP contribution in [0.5, 0.6) is 0 Å². The number of aromatic carboxylic acids is 1. The summed E-state index contributed by atoms with van der Waals surface area (Å²) >= 11 is 6.81.